The van der Waals surface area contributed by atoms with Crippen LogP contribution in [0.5, 0.6) is 0 Å². The summed E-state index contributed by atoms with van der Waals surface area (Å²) in [6, 6.07) is 12.9. The number of alkyl halides is 1. The van der Waals surface area contributed by atoms with Gasteiger partial charge in [-0.25, -0.2) is 14.4 Å². The third kappa shape index (κ3) is 4.69. The molecule has 0 aliphatic carbocycles. The molecule has 1 fully saturated rings. The van der Waals surface area contributed by atoms with Crippen LogP contribution in [0.25, 0.3) is 16.6 Å². The van der Waals surface area contributed by atoms with Gasteiger partial charge in [-0.15, -0.1) is 0 Å². The van der Waals surface area contributed by atoms with E-state index in [1.807, 2.05) is 24.3 Å². The maximum absolute atomic E-state index is 14.0. The van der Waals surface area contributed by atoms with Gasteiger partial charge >= 0.3 is 0 Å². The zero-order valence-corrected chi connectivity index (χ0v) is 20.5. The molecule has 0 unspecified atom stereocenters. The molecule has 1 N–H and O–H groups in total. The number of likely N-dealkylation sites (N-methyl/N-ethyl adjacent to an activating group) is 1. The van der Waals surface area contributed by atoms with Crippen LogP contribution < -0.4 is 15.8 Å². The van der Waals surface area contributed by atoms with Crippen LogP contribution in [0.3, 0.4) is 0 Å². The van der Waals surface area contributed by atoms with Gasteiger partial charge in [-0.1, -0.05) is 29.3 Å². The number of rotatable bonds is 5. The lowest BCUT2D eigenvalue weighted by molar-refractivity contribution is 0.313. The van der Waals surface area contributed by atoms with E-state index in [0.29, 0.717) is 5.69 Å². The van der Waals surface area contributed by atoms with Gasteiger partial charge in [0.1, 0.15) is 6.67 Å². The number of aromatic nitrogens is 3. The second-order valence-corrected chi connectivity index (χ2v) is 9.27. The van der Waals surface area contributed by atoms with Crippen molar-refractivity contribution in [2.45, 2.75) is 6.67 Å². The lowest BCUT2D eigenvalue weighted by Gasteiger charge is -2.34. The molecule has 5 rings (SSSR count). The highest BCUT2D eigenvalue weighted by molar-refractivity contribution is 6.37. The van der Waals surface area contributed by atoms with Gasteiger partial charge in [0.05, 0.1) is 26.6 Å². The van der Waals surface area contributed by atoms with Crippen LogP contribution in [0.1, 0.15) is 5.56 Å². The summed E-state index contributed by atoms with van der Waals surface area (Å²) in [5.74, 6) is 0.271. The third-order valence-corrected chi connectivity index (χ3v) is 6.75. The molecule has 0 atom stereocenters. The van der Waals surface area contributed by atoms with Gasteiger partial charge in [-0.05, 0) is 43.4 Å². The van der Waals surface area contributed by atoms with Crippen molar-refractivity contribution in [2.24, 2.45) is 0 Å². The number of anilines is 3. The Morgan fingerprint density at radius 3 is 2.37 bits per heavy atom. The molecule has 2 aromatic carbocycles. The van der Waals surface area contributed by atoms with Gasteiger partial charge in [0.2, 0.25) is 5.95 Å². The molecule has 180 valence electrons. The van der Waals surface area contributed by atoms with Gasteiger partial charge in [0, 0.05) is 55.5 Å². The lowest BCUT2D eigenvalue weighted by atomic mass is 10.2. The van der Waals surface area contributed by atoms with E-state index >= 15 is 0 Å². The molecule has 7 nitrogen and oxygen atoms in total. The minimum atomic E-state index is -0.824. The highest BCUT2D eigenvalue weighted by Crippen LogP contribution is 2.29. The average molecular weight is 513 g/mol. The first-order valence-electron chi connectivity index (χ1n) is 11.2. The summed E-state index contributed by atoms with van der Waals surface area (Å²) < 4.78 is 15.3. The largest absolute Gasteiger partial charge is 0.369 e. The molecule has 1 aliphatic rings. The van der Waals surface area contributed by atoms with E-state index in [-0.39, 0.29) is 32.5 Å². The zero-order chi connectivity index (χ0) is 24.5. The van der Waals surface area contributed by atoms with Crippen LogP contribution in [0.2, 0.25) is 10.0 Å². The Morgan fingerprint density at radius 1 is 1.03 bits per heavy atom. The number of nitrogens with one attached hydrogen (secondary N) is 1. The van der Waals surface area contributed by atoms with Crippen molar-refractivity contribution in [1.82, 2.24) is 19.4 Å². The van der Waals surface area contributed by atoms with E-state index in [1.54, 1.807) is 18.2 Å². The van der Waals surface area contributed by atoms with Crippen molar-refractivity contribution < 1.29 is 4.39 Å². The SMILES string of the molecule is CN1CCN(c2ccc(Nc3ncc4c(=O)n(-c5c(Cl)cccc5Cl)cc(CF)c4n3)cc2)CC1. The average Bonchev–Trinajstić information content (AvgIpc) is 2.86. The molecule has 2 aromatic heterocycles. The van der Waals surface area contributed by atoms with Crippen molar-refractivity contribution in [3.8, 4) is 5.69 Å². The number of halogens is 3. The van der Waals surface area contributed by atoms with Crippen molar-refractivity contribution in [3.63, 3.8) is 0 Å². The molecule has 4 aromatic rings. The summed E-state index contributed by atoms with van der Waals surface area (Å²) in [5.41, 5.74) is 2.27. The fourth-order valence-corrected chi connectivity index (χ4v) is 4.76. The van der Waals surface area contributed by atoms with E-state index in [0.717, 1.165) is 37.6 Å². The van der Waals surface area contributed by atoms with Crippen LogP contribution in [0, 0.1) is 0 Å². The minimum Gasteiger partial charge on any atom is -0.369 e. The Morgan fingerprint density at radius 2 is 1.71 bits per heavy atom. The molecule has 1 saturated heterocycles. The Hall–Kier alpha value is -3.20. The summed E-state index contributed by atoms with van der Waals surface area (Å²) in [7, 11) is 2.13. The fraction of sp³-hybridized carbons (Fsp3) is 0.240. The van der Waals surface area contributed by atoms with Crippen LogP contribution in [0.4, 0.5) is 21.7 Å². The van der Waals surface area contributed by atoms with Crippen molar-refractivity contribution in [1.29, 1.82) is 0 Å². The molecule has 1 aliphatic heterocycles. The summed E-state index contributed by atoms with van der Waals surface area (Å²) >= 11 is 12.6. The van der Waals surface area contributed by atoms with E-state index in [2.05, 4.69) is 32.1 Å². The predicted octanol–water partition coefficient (Wildman–Crippen LogP) is 5.05. The smallest absolute Gasteiger partial charge is 0.266 e. The highest BCUT2D eigenvalue weighted by Gasteiger charge is 2.17. The van der Waals surface area contributed by atoms with E-state index in [1.165, 1.54) is 17.0 Å². The number of para-hydroxylation sites is 1. The summed E-state index contributed by atoms with van der Waals surface area (Å²) in [5, 5.41) is 3.88. The van der Waals surface area contributed by atoms with Crippen LogP contribution in [0.15, 0.2) is 59.7 Å². The first-order valence-corrected chi connectivity index (χ1v) is 11.9. The second-order valence-electron chi connectivity index (χ2n) is 8.45. The number of pyridine rings is 1. The Bertz CT molecular complexity index is 1410. The first-order chi connectivity index (χ1) is 16.9. The van der Waals surface area contributed by atoms with E-state index < -0.39 is 12.2 Å². The van der Waals surface area contributed by atoms with E-state index in [4.69, 9.17) is 23.2 Å². The molecule has 35 heavy (non-hydrogen) atoms. The molecular formula is C25H23Cl2FN6O. The molecule has 0 radical (unpaired) electrons. The summed E-state index contributed by atoms with van der Waals surface area (Å²) in [4.78, 5) is 26.6. The first kappa shape index (κ1) is 23.5. The number of benzene rings is 2. The van der Waals surface area contributed by atoms with Crippen LogP contribution in [-0.2, 0) is 6.67 Å². The monoisotopic (exact) mass is 512 g/mol. The standard InChI is InChI=1S/C25H23Cl2FN6O/c1-32-9-11-33(12-10-32)18-7-5-17(6-8-18)30-25-29-14-19-22(31-25)16(13-28)15-34(24(19)35)23-20(26)3-2-4-21(23)27/h2-8,14-15H,9-13H2,1H3,(H,29,30,31). The van der Waals surface area contributed by atoms with Gasteiger partial charge in [-0.2, -0.15) is 0 Å². The van der Waals surface area contributed by atoms with Crippen LogP contribution >= 0.6 is 23.2 Å². The number of hydrogen-bond acceptors (Lipinski definition) is 6. The lowest BCUT2D eigenvalue weighted by Crippen LogP contribution is -2.44. The van der Waals surface area contributed by atoms with Crippen molar-refractivity contribution in [2.75, 3.05) is 43.4 Å². The maximum atomic E-state index is 14.0. The topological polar surface area (TPSA) is 66.3 Å². The number of piperazine rings is 1. The molecule has 3 heterocycles. The number of fused-ring (bicyclic) bond motifs is 1. The van der Waals surface area contributed by atoms with Gasteiger partial charge < -0.3 is 15.1 Å². The van der Waals surface area contributed by atoms with Crippen molar-refractivity contribution in [3.05, 3.63) is 80.8 Å². The fourth-order valence-electron chi connectivity index (χ4n) is 4.18. The molecular weight excluding hydrogens is 490 g/mol. The van der Waals surface area contributed by atoms with E-state index in [9.17, 15) is 9.18 Å². The molecule has 0 spiro atoms. The van der Waals surface area contributed by atoms with Crippen molar-refractivity contribution >= 4 is 51.4 Å². The minimum absolute atomic E-state index is 0.173. The Balaban J connectivity index is 1.45. The molecule has 0 amide bonds. The molecule has 0 saturated carbocycles. The molecule has 10 heteroatoms. The van der Waals surface area contributed by atoms with Gasteiger partial charge in [-0.3, -0.25) is 9.36 Å². The number of nitrogens with zero attached hydrogens (tertiary/aromatic N) is 5. The second kappa shape index (κ2) is 9.81. The maximum Gasteiger partial charge on any atom is 0.266 e. The van der Waals surface area contributed by atoms with Gasteiger partial charge in [0.25, 0.3) is 5.56 Å². The number of hydrogen-bond donors (Lipinski definition) is 1. The van der Waals surface area contributed by atoms with Gasteiger partial charge in [0.15, 0.2) is 0 Å². The Labute approximate surface area is 211 Å². The third-order valence-electron chi connectivity index (χ3n) is 6.14. The quantitative estimate of drug-likeness (QED) is 0.403. The van der Waals surface area contributed by atoms with Crippen LogP contribution in [-0.4, -0.2) is 52.7 Å². The molecule has 0 bridgehead atoms. The zero-order valence-electron chi connectivity index (χ0n) is 19.0. The summed E-state index contributed by atoms with van der Waals surface area (Å²) in [6.45, 7) is 3.22. The predicted molar refractivity (Wildman–Crippen MR) is 139 cm³/mol. The highest BCUT2D eigenvalue weighted by atomic mass is 35.5. The Kier molecular flexibility index (Phi) is 6.60. The summed E-state index contributed by atoms with van der Waals surface area (Å²) in [6.07, 6.45) is 2.78. The normalized spacial score (nSPS) is 14.5.